The molecule has 0 N–H and O–H groups in total. The second-order valence-electron chi connectivity index (χ2n) is 6.37. The predicted octanol–water partition coefficient (Wildman–Crippen LogP) is 6.23. The van der Waals surface area contributed by atoms with E-state index in [1.54, 1.807) is 0 Å². The molecule has 0 fully saturated rings. The summed E-state index contributed by atoms with van der Waals surface area (Å²) in [5.74, 6) is 0. The van der Waals surface area contributed by atoms with Crippen LogP contribution in [0, 0.1) is 6.92 Å². The molecule has 0 bridgehead atoms. The number of aromatic nitrogens is 1. The lowest BCUT2D eigenvalue weighted by Crippen LogP contribution is -2.08. The van der Waals surface area contributed by atoms with Crippen molar-refractivity contribution in [2.45, 2.75) is 19.9 Å². The van der Waals surface area contributed by atoms with Crippen LogP contribution in [0.3, 0.4) is 0 Å². The summed E-state index contributed by atoms with van der Waals surface area (Å²) in [4.78, 5) is 0. The molecule has 0 aliphatic carbocycles. The van der Waals surface area contributed by atoms with Gasteiger partial charge in [0.05, 0.1) is 11.7 Å². The van der Waals surface area contributed by atoms with Gasteiger partial charge in [0.15, 0.2) is 0 Å². The summed E-state index contributed by atoms with van der Waals surface area (Å²) in [6.45, 7) is 4.47. The normalized spacial score (nSPS) is 12.4. The predicted molar refractivity (Wildman–Crippen MR) is 102 cm³/mol. The quantitative estimate of drug-likeness (QED) is 0.423. The molecule has 1 atom stereocenters. The van der Waals surface area contributed by atoms with E-state index >= 15 is 0 Å². The molecule has 1 aromatic heterocycles. The van der Waals surface area contributed by atoms with Crippen LogP contribution in [0.2, 0.25) is 0 Å². The second-order valence-corrected chi connectivity index (χ2v) is 6.37. The van der Waals surface area contributed by atoms with E-state index < -0.39 is 0 Å². The first-order chi connectivity index (χ1) is 11.8. The molecule has 0 unspecified atom stereocenters. The first kappa shape index (κ1) is 14.8. The topological polar surface area (TPSA) is 4.93 Å². The number of hydrogen-bond donors (Lipinski definition) is 0. The van der Waals surface area contributed by atoms with Gasteiger partial charge < -0.3 is 4.57 Å². The summed E-state index contributed by atoms with van der Waals surface area (Å²) in [7, 11) is 0. The van der Waals surface area contributed by atoms with Crippen LogP contribution in [0.1, 0.15) is 24.1 Å². The molecule has 4 aromatic rings. The second kappa shape index (κ2) is 6.01. The Hall–Kier alpha value is -2.80. The van der Waals surface area contributed by atoms with Gasteiger partial charge in [0.2, 0.25) is 0 Å². The van der Waals surface area contributed by atoms with Crippen LogP contribution < -0.4 is 0 Å². The zero-order valence-electron chi connectivity index (χ0n) is 14.1. The molecule has 118 valence electrons. The molecule has 1 heteroatoms. The van der Waals surface area contributed by atoms with Gasteiger partial charge in [-0.15, -0.1) is 0 Å². The van der Waals surface area contributed by atoms with Gasteiger partial charge in [-0.05, 0) is 47.4 Å². The smallest absolute Gasteiger partial charge is 0.0563 e. The monoisotopic (exact) mass is 311 g/mol. The van der Waals surface area contributed by atoms with Crippen molar-refractivity contribution in [1.82, 2.24) is 4.57 Å². The molecule has 1 nitrogen and oxygen atoms in total. The van der Waals surface area contributed by atoms with Crippen LogP contribution in [0.4, 0.5) is 0 Å². The average Bonchev–Trinajstić information content (AvgIpc) is 3.03. The largest absolute Gasteiger partial charge is 0.340 e. The molecular formula is C23H21N. The van der Waals surface area contributed by atoms with Gasteiger partial charge in [-0.25, -0.2) is 0 Å². The highest BCUT2D eigenvalue weighted by atomic mass is 15.0. The zero-order chi connectivity index (χ0) is 16.5. The molecule has 4 rings (SSSR count). The Bertz CT molecular complexity index is 974. The molecule has 0 aliphatic rings. The van der Waals surface area contributed by atoms with Crippen LogP contribution in [0.5, 0.6) is 0 Å². The Balaban J connectivity index is 1.88. The highest BCUT2D eigenvalue weighted by Crippen LogP contribution is 2.33. The van der Waals surface area contributed by atoms with Gasteiger partial charge >= 0.3 is 0 Å². The van der Waals surface area contributed by atoms with Gasteiger partial charge in [-0.1, -0.05) is 72.8 Å². The standard InChI is InChI=1S/C23H21N/c1-17-15-16-24(23(17)20-10-4-3-5-11-20)18(2)21-14-8-12-19-9-6-7-13-22(19)21/h3-16,18H,1-2H3/t18-/m1/s1. The van der Waals surface area contributed by atoms with E-state index in [0.717, 1.165) is 0 Å². The highest BCUT2D eigenvalue weighted by molar-refractivity contribution is 5.86. The first-order valence-corrected chi connectivity index (χ1v) is 8.46. The average molecular weight is 311 g/mol. The van der Waals surface area contributed by atoms with Gasteiger partial charge in [-0.3, -0.25) is 0 Å². The number of rotatable bonds is 3. The molecule has 0 spiro atoms. The van der Waals surface area contributed by atoms with Crippen LogP contribution in [-0.4, -0.2) is 4.57 Å². The minimum Gasteiger partial charge on any atom is -0.340 e. The zero-order valence-corrected chi connectivity index (χ0v) is 14.1. The molecule has 0 amide bonds. The maximum atomic E-state index is 2.40. The fourth-order valence-corrected chi connectivity index (χ4v) is 3.61. The van der Waals surface area contributed by atoms with E-state index in [4.69, 9.17) is 0 Å². The third kappa shape index (κ3) is 2.43. The van der Waals surface area contributed by atoms with E-state index in [0.29, 0.717) is 0 Å². The molecular weight excluding hydrogens is 290 g/mol. The fraction of sp³-hybridized carbons (Fsp3) is 0.130. The minimum atomic E-state index is 0.278. The van der Waals surface area contributed by atoms with Gasteiger partial charge in [0, 0.05) is 6.20 Å². The molecule has 3 aromatic carbocycles. The third-order valence-electron chi connectivity index (χ3n) is 4.85. The number of fused-ring (bicyclic) bond motifs is 1. The van der Waals surface area contributed by atoms with Gasteiger partial charge in [0.1, 0.15) is 0 Å². The van der Waals surface area contributed by atoms with Crippen LogP contribution in [-0.2, 0) is 0 Å². The summed E-state index contributed by atoms with van der Waals surface area (Å²) in [6, 6.07) is 28.4. The van der Waals surface area contributed by atoms with Crippen molar-refractivity contribution in [3.8, 4) is 11.3 Å². The number of hydrogen-bond acceptors (Lipinski definition) is 0. The molecule has 0 saturated heterocycles. The van der Waals surface area contributed by atoms with Crippen molar-refractivity contribution in [3.05, 3.63) is 96.2 Å². The number of benzene rings is 3. The SMILES string of the molecule is Cc1ccn([C@H](C)c2cccc3ccccc23)c1-c1ccccc1. The summed E-state index contributed by atoms with van der Waals surface area (Å²) in [5, 5.41) is 2.63. The highest BCUT2D eigenvalue weighted by Gasteiger charge is 2.16. The van der Waals surface area contributed by atoms with E-state index in [1.807, 2.05) is 0 Å². The Morgan fingerprint density at radius 1 is 0.750 bits per heavy atom. The summed E-state index contributed by atoms with van der Waals surface area (Å²) >= 11 is 0. The lowest BCUT2D eigenvalue weighted by atomic mass is 9.99. The first-order valence-electron chi connectivity index (χ1n) is 8.46. The van der Waals surface area contributed by atoms with Crippen molar-refractivity contribution in [2.75, 3.05) is 0 Å². The van der Waals surface area contributed by atoms with E-state index in [2.05, 4.69) is 103 Å². The number of aryl methyl sites for hydroxylation is 1. The summed E-state index contributed by atoms with van der Waals surface area (Å²) in [6.07, 6.45) is 2.21. The Labute approximate surface area is 143 Å². The lowest BCUT2D eigenvalue weighted by Gasteiger charge is -2.20. The van der Waals surface area contributed by atoms with Crippen molar-refractivity contribution in [1.29, 1.82) is 0 Å². The Morgan fingerprint density at radius 2 is 1.46 bits per heavy atom. The van der Waals surface area contributed by atoms with Crippen molar-refractivity contribution in [2.24, 2.45) is 0 Å². The van der Waals surface area contributed by atoms with Gasteiger partial charge in [-0.2, -0.15) is 0 Å². The van der Waals surface area contributed by atoms with Crippen LogP contribution in [0.15, 0.2) is 85.1 Å². The fourth-order valence-electron chi connectivity index (χ4n) is 3.61. The van der Waals surface area contributed by atoms with E-state index in [1.165, 1.54) is 33.2 Å². The molecule has 24 heavy (non-hydrogen) atoms. The lowest BCUT2D eigenvalue weighted by molar-refractivity contribution is 0.653. The van der Waals surface area contributed by atoms with Crippen molar-refractivity contribution in [3.63, 3.8) is 0 Å². The van der Waals surface area contributed by atoms with Crippen molar-refractivity contribution < 1.29 is 0 Å². The van der Waals surface area contributed by atoms with E-state index in [-0.39, 0.29) is 6.04 Å². The Morgan fingerprint density at radius 3 is 2.29 bits per heavy atom. The summed E-state index contributed by atoms with van der Waals surface area (Å²) in [5.41, 5.74) is 5.25. The molecule has 0 saturated carbocycles. The number of nitrogens with zero attached hydrogens (tertiary/aromatic N) is 1. The molecule has 0 aliphatic heterocycles. The summed E-state index contributed by atoms with van der Waals surface area (Å²) < 4.78 is 2.40. The van der Waals surface area contributed by atoms with Crippen LogP contribution >= 0.6 is 0 Å². The van der Waals surface area contributed by atoms with E-state index in [9.17, 15) is 0 Å². The van der Waals surface area contributed by atoms with Gasteiger partial charge in [0.25, 0.3) is 0 Å². The molecule has 0 radical (unpaired) electrons. The van der Waals surface area contributed by atoms with Crippen molar-refractivity contribution >= 4 is 10.8 Å². The molecule has 1 heterocycles. The Kier molecular flexibility index (Phi) is 3.70. The van der Waals surface area contributed by atoms with Crippen LogP contribution in [0.25, 0.3) is 22.0 Å². The minimum absolute atomic E-state index is 0.278. The maximum Gasteiger partial charge on any atom is 0.0563 e. The third-order valence-corrected chi connectivity index (χ3v) is 4.85. The maximum absolute atomic E-state index is 2.40.